The number of carbonyl (C=O) groups excluding carboxylic acids is 2. The van der Waals surface area contributed by atoms with E-state index in [4.69, 9.17) is 0 Å². The minimum absolute atomic E-state index is 0.142. The predicted molar refractivity (Wildman–Crippen MR) is 109 cm³/mol. The maximum Gasteiger partial charge on any atom is 0.322 e. The second kappa shape index (κ2) is 8.34. The Bertz CT molecular complexity index is 942. The van der Waals surface area contributed by atoms with Gasteiger partial charge in [0.15, 0.2) is 0 Å². The Hall–Kier alpha value is -3.35. The minimum atomic E-state index is -0.296. The van der Waals surface area contributed by atoms with Crippen LogP contribution in [0.4, 0.5) is 14.9 Å². The Morgan fingerprint density at radius 2 is 1.90 bits per heavy atom. The summed E-state index contributed by atoms with van der Waals surface area (Å²) < 4.78 is 13.3. The van der Waals surface area contributed by atoms with Crippen molar-refractivity contribution < 1.29 is 14.0 Å². The van der Waals surface area contributed by atoms with Crippen LogP contribution in [-0.2, 0) is 13.1 Å². The zero-order chi connectivity index (χ0) is 20.2. The van der Waals surface area contributed by atoms with Crippen molar-refractivity contribution in [3.63, 3.8) is 0 Å². The first-order valence-corrected chi connectivity index (χ1v) is 9.71. The summed E-state index contributed by atoms with van der Waals surface area (Å²) in [5.41, 5.74) is 2.93. The standard InChI is InChI=1S/C22H23FN4O2/c23-18-7-4-16-13-27(14-17(16)11-18)22(29)26-19-8-5-15(6-9-19)21(28)25-12-20-3-1-2-10-24-20/h2,4-11,20,24H,1,3,12-14H2,(H,25,28)(H,26,29)/t20-/m0/s1. The number of hydrogen-bond donors (Lipinski definition) is 3. The molecular weight excluding hydrogens is 371 g/mol. The molecule has 2 heterocycles. The lowest BCUT2D eigenvalue weighted by atomic mass is 10.1. The summed E-state index contributed by atoms with van der Waals surface area (Å²) in [7, 11) is 0. The van der Waals surface area contributed by atoms with E-state index in [-0.39, 0.29) is 23.8 Å². The number of rotatable bonds is 4. The average molecular weight is 394 g/mol. The molecule has 150 valence electrons. The number of anilines is 1. The van der Waals surface area contributed by atoms with Gasteiger partial charge in [0.25, 0.3) is 5.91 Å². The fourth-order valence-electron chi connectivity index (χ4n) is 3.56. The molecule has 0 bridgehead atoms. The van der Waals surface area contributed by atoms with E-state index >= 15 is 0 Å². The fraction of sp³-hybridized carbons (Fsp3) is 0.273. The Kier molecular flexibility index (Phi) is 5.46. The highest BCUT2D eigenvalue weighted by Crippen LogP contribution is 2.24. The molecule has 3 amide bonds. The van der Waals surface area contributed by atoms with Gasteiger partial charge in [0.2, 0.25) is 0 Å². The van der Waals surface area contributed by atoms with Gasteiger partial charge in [-0.3, -0.25) is 4.79 Å². The number of allylic oxidation sites excluding steroid dienone is 1. The molecule has 4 rings (SSSR count). The van der Waals surface area contributed by atoms with Crippen LogP contribution in [0.3, 0.4) is 0 Å². The van der Waals surface area contributed by atoms with Crippen LogP contribution in [0.1, 0.15) is 34.3 Å². The summed E-state index contributed by atoms with van der Waals surface area (Å²) in [5, 5.41) is 8.98. The van der Waals surface area contributed by atoms with Crippen molar-refractivity contribution in [2.75, 3.05) is 11.9 Å². The van der Waals surface area contributed by atoms with E-state index in [1.54, 1.807) is 35.2 Å². The lowest BCUT2D eigenvalue weighted by Gasteiger charge is -2.20. The van der Waals surface area contributed by atoms with Gasteiger partial charge in [0.1, 0.15) is 5.82 Å². The van der Waals surface area contributed by atoms with E-state index < -0.39 is 0 Å². The highest BCUT2D eigenvalue weighted by atomic mass is 19.1. The average Bonchev–Trinajstić information content (AvgIpc) is 3.17. The van der Waals surface area contributed by atoms with Gasteiger partial charge < -0.3 is 20.9 Å². The normalized spacial score (nSPS) is 17.4. The van der Waals surface area contributed by atoms with Crippen LogP contribution >= 0.6 is 0 Å². The summed E-state index contributed by atoms with van der Waals surface area (Å²) in [6.07, 6.45) is 6.01. The smallest absolute Gasteiger partial charge is 0.322 e. The number of benzene rings is 2. The molecule has 0 aliphatic carbocycles. The molecule has 0 unspecified atom stereocenters. The molecule has 2 aromatic carbocycles. The van der Waals surface area contributed by atoms with Crippen molar-refractivity contribution in [3.05, 3.63) is 77.2 Å². The summed E-state index contributed by atoms with van der Waals surface area (Å²) in [6.45, 7) is 1.40. The Morgan fingerprint density at radius 3 is 2.66 bits per heavy atom. The van der Waals surface area contributed by atoms with Gasteiger partial charge in [-0.05, 0) is 66.6 Å². The number of urea groups is 1. The molecule has 2 aromatic rings. The number of amides is 3. The van der Waals surface area contributed by atoms with E-state index in [0.29, 0.717) is 30.9 Å². The largest absolute Gasteiger partial charge is 0.387 e. The van der Waals surface area contributed by atoms with Gasteiger partial charge in [-0.15, -0.1) is 0 Å². The molecule has 6 nitrogen and oxygen atoms in total. The third kappa shape index (κ3) is 4.56. The quantitative estimate of drug-likeness (QED) is 0.744. The van der Waals surface area contributed by atoms with E-state index in [1.807, 2.05) is 6.20 Å². The lowest BCUT2D eigenvalue weighted by Crippen LogP contribution is -2.39. The zero-order valence-electron chi connectivity index (χ0n) is 16.0. The molecule has 2 aliphatic heterocycles. The second-order valence-corrected chi connectivity index (χ2v) is 7.33. The molecule has 0 radical (unpaired) electrons. The molecule has 0 saturated carbocycles. The maximum absolute atomic E-state index is 13.3. The van der Waals surface area contributed by atoms with Crippen molar-refractivity contribution in [1.29, 1.82) is 0 Å². The summed E-state index contributed by atoms with van der Waals surface area (Å²) in [5.74, 6) is -0.438. The molecular formula is C22H23FN4O2. The molecule has 0 fully saturated rings. The van der Waals surface area contributed by atoms with Crippen LogP contribution in [0, 0.1) is 5.82 Å². The van der Waals surface area contributed by atoms with Crippen molar-refractivity contribution in [2.24, 2.45) is 0 Å². The van der Waals surface area contributed by atoms with E-state index in [1.165, 1.54) is 12.1 Å². The van der Waals surface area contributed by atoms with Crippen LogP contribution < -0.4 is 16.0 Å². The van der Waals surface area contributed by atoms with Crippen LogP contribution in [0.5, 0.6) is 0 Å². The van der Waals surface area contributed by atoms with Crippen molar-refractivity contribution in [2.45, 2.75) is 32.0 Å². The molecule has 2 aliphatic rings. The van der Waals surface area contributed by atoms with Gasteiger partial charge in [-0.25, -0.2) is 9.18 Å². The van der Waals surface area contributed by atoms with Crippen LogP contribution in [0.2, 0.25) is 0 Å². The second-order valence-electron chi connectivity index (χ2n) is 7.33. The van der Waals surface area contributed by atoms with E-state index in [0.717, 1.165) is 24.0 Å². The molecule has 0 aromatic heterocycles. The third-order valence-electron chi connectivity index (χ3n) is 5.22. The van der Waals surface area contributed by atoms with Gasteiger partial charge in [-0.1, -0.05) is 12.1 Å². The first-order valence-electron chi connectivity index (χ1n) is 9.71. The van der Waals surface area contributed by atoms with Crippen LogP contribution in [0.25, 0.3) is 0 Å². The van der Waals surface area contributed by atoms with Gasteiger partial charge in [0.05, 0.1) is 0 Å². The number of fused-ring (bicyclic) bond motifs is 1. The Morgan fingerprint density at radius 1 is 1.10 bits per heavy atom. The highest BCUT2D eigenvalue weighted by Gasteiger charge is 2.23. The zero-order valence-corrected chi connectivity index (χ0v) is 16.0. The van der Waals surface area contributed by atoms with Crippen LogP contribution in [-0.4, -0.2) is 29.4 Å². The number of halogens is 1. The molecule has 29 heavy (non-hydrogen) atoms. The lowest BCUT2D eigenvalue weighted by molar-refractivity contribution is 0.0949. The van der Waals surface area contributed by atoms with Gasteiger partial charge in [-0.2, -0.15) is 0 Å². The molecule has 7 heteroatoms. The number of nitrogens with one attached hydrogen (secondary N) is 3. The number of hydrogen-bond acceptors (Lipinski definition) is 3. The first kappa shape index (κ1) is 19.0. The van der Waals surface area contributed by atoms with Crippen LogP contribution in [0.15, 0.2) is 54.7 Å². The summed E-state index contributed by atoms with van der Waals surface area (Å²) >= 11 is 0. The Labute approximate surface area is 168 Å². The van der Waals surface area contributed by atoms with Crippen molar-refractivity contribution in [3.8, 4) is 0 Å². The molecule has 1 atom stereocenters. The maximum atomic E-state index is 13.3. The molecule has 0 spiro atoms. The predicted octanol–water partition coefficient (Wildman–Crippen LogP) is 3.37. The minimum Gasteiger partial charge on any atom is -0.387 e. The van der Waals surface area contributed by atoms with Gasteiger partial charge >= 0.3 is 6.03 Å². The summed E-state index contributed by atoms with van der Waals surface area (Å²) in [6, 6.07) is 11.4. The Balaban J connectivity index is 1.29. The topological polar surface area (TPSA) is 73.5 Å². The first-order chi connectivity index (χ1) is 14.1. The third-order valence-corrected chi connectivity index (χ3v) is 5.22. The van der Waals surface area contributed by atoms with E-state index in [2.05, 4.69) is 22.0 Å². The fourth-order valence-corrected chi connectivity index (χ4v) is 3.56. The van der Waals surface area contributed by atoms with E-state index in [9.17, 15) is 14.0 Å². The van der Waals surface area contributed by atoms with Crippen molar-refractivity contribution >= 4 is 17.6 Å². The van der Waals surface area contributed by atoms with Crippen molar-refractivity contribution in [1.82, 2.24) is 15.5 Å². The van der Waals surface area contributed by atoms with Gasteiger partial charge in [0, 0.05) is 36.9 Å². The molecule has 3 N–H and O–H groups in total. The summed E-state index contributed by atoms with van der Waals surface area (Å²) in [4.78, 5) is 26.4. The monoisotopic (exact) mass is 394 g/mol. The highest BCUT2D eigenvalue weighted by molar-refractivity contribution is 5.95. The molecule has 0 saturated heterocycles. The SMILES string of the molecule is O=C(NC[C@@H]1CCC=CN1)c1ccc(NC(=O)N2Cc3ccc(F)cc3C2)cc1. The number of nitrogens with zero attached hydrogens (tertiary/aromatic N) is 1. The number of carbonyl (C=O) groups is 2.